The number of benzene rings is 4. The lowest BCUT2D eigenvalue weighted by Crippen LogP contribution is -2.08. The van der Waals surface area contributed by atoms with Gasteiger partial charge < -0.3 is 29.6 Å². The van der Waals surface area contributed by atoms with E-state index in [0.29, 0.717) is 45.9 Å². The van der Waals surface area contributed by atoms with Crippen molar-refractivity contribution >= 4 is 66.9 Å². The summed E-state index contributed by atoms with van der Waals surface area (Å²) in [5.74, 6) is 2.28. The molecule has 0 atom stereocenters. The van der Waals surface area contributed by atoms with Crippen LogP contribution in [0.1, 0.15) is 0 Å². The van der Waals surface area contributed by atoms with Gasteiger partial charge in [-0.05, 0) is 72.8 Å². The fraction of sp³-hybridized carbons (Fsp3) is 0.200. The van der Waals surface area contributed by atoms with E-state index in [1.54, 1.807) is 0 Å². The molecule has 52 heavy (non-hydrogen) atoms. The van der Waals surface area contributed by atoms with Crippen LogP contribution in [0.25, 0.3) is 89.7 Å². The largest absolute Gasteiger partial charge is 0.378 e. The summed E-state index contributed by atoms with van der Waals surface area (Å²) in [5, 5.41) is 3.72. The van der Waals surface area contributed by atoms with E-state index in [-0.39, 0.29) is 0 Å². The minimum Gasteiger partial charge on any atom is -0.378 e. The number of H-pyrrole nitrogens is 2. The van der Waals surface area contributed by atoms with E-state index < -0.39 is 0 Å². The van der Waals surface area contributed by atoms with Crippen LogP contribution in [0.3, 0.4) is 0 Å². The number of hydrogen-bond acceptors (Lipinski definition) is 10. The Morgan fingerprint density at radius 1 is 0.327 bits per heavy atom. The summed E-state index contributed by atoms with van der Waals surface area (Å²) in [4.78, 5) is 46.5. The Balaban J connectivity index is 1.47. The highest BCUT2D eigenvalue weighted by Gasteiger charge is 2.24. The fourth-order valence-corrected chi connectivity index (χ4v) is 6.86. The predicted octanol–water partition coefficient (Wildman–Crippen LogP) is 7.13. The second-order valence-electron chi connectivity index (χ2n) is 14.1. The molecular weight excluding hydrogens is 649 g/mol. The number of hydrogen-bond donors (Lipinski definition) is 2. The molecular formula is C40H38N12. The first-order valence-corrected chi connectivity index (χ1v) is 17.1. The van der Waals surface area contributed by atoms with E-state index in [9.17, 15) is 0 Å². The highest BCUT2D eigenvalue weighted by molar-refractivity contribution is 6.08. The van der Waals surface area contributed by atoms with Crippen LogP contribution in [0.5, 0.6) is 0 Å². The summed E-state index contributed by atoms with van der Waals surface area (Å²) in [6.45, 7) is 0. The van der Waals surface area contributed by atoms with Gasteiger partial charge in [-0.3, -0.25) is 0 Å². The molecule has 0 radical (unpaired) electrons. The Morgan fingerprint density at radius 3 is 1.00 bits per heavy atom. The average Bonchev–Trinajstić information content (AvgIpc) is 3.85. The zero-order valence-electron chi connectivity index (χ0n) is 30.4. The Morgan fingerprint density at radius 2 is 0.635 bits per heavy atom. The second kappa shape index (κ2) is 11.5. The quantitative estimate of drug-likeness (QED) is 0.198. The smallest absolute Gasteiger partial charge is 0.164 e. The lowest BCUT2D eigenvalue weighted by molar-refractivity contribution is 1.13. The van der Waals surface area contributed by atoms with E-state index in [2.05, 4.69) is 102 Å². The van der Waals surface area contributed by atoms with Crippen LogP contribution in [0.2, 0.25) is 0 Å². The molecule has 3 aromatic heterocycles. The van der Waals surface area contributed by atoms with Crippen molar-refractivity contribution in [3.05, 3.63) is 72.8 Å². The molecule has 12 nitrogen and oxygen atoms in total. The molecule has 9 rings (SSSR count). The van der Waals surface area contributed by atoms with E-state index in [1.807, 2.05) is 56.4 Å². The number of aromatic nitrogens is 8. The van der Waals surface area contributed by atoms with Crippen LogP contribution >= 0.6 is 0 Å². The molecule has 0 spiro atoms. The van der Waals surface area contributed by atoms with Gasteiger partial charge in [-0.25, -0.2) is 29.9 Å². The van der Waals surface area contributed by atoms with Gasteiger partial charge in [0.05, 0.1) is 0 Å². The summed E-state index contributed by atoms with van der Waals surface area (Å²) < 4.78 is 0. The van der Waals surface area contributed by atoms with Crippen LogP contribution in [-0.2, 0) is 0 Å². The monoisotopic (exact) mass is 686 g/mol. The number of aromatic amines is 2. The number of nitrogens with one attached hydrogen (secondary N) is 2. The Bertz CT molecular complexity index is 2770. The topological polar surface area (TPSA) is 122 Å². The highest BCUT2D eigenvalue weighted by Crippen LogP contribution is 2.40. The molecule has 258 valence electrons. The molecule has 0 saturated carbocycles. The summed E-state index contributed by atoms with van der Waals surface area (Å²) in [6, 6.07) is 25.2. The van der Waals surface area contributed by atoms with Crippen molar-refractivity contribution < 1.29 is 0 Å². The van der Waals surface area contributed by atoms with E-state index in [0.717, 1.165) is 66.5 Å². The molecule has 0 fully saturated rings. The molecule has 8 bridgehead atoms. The van der Waals surface area contributed by atoms with Gasteiger partial charge in [-0.1, -0.05) is 0 Å². The van der Waals surface area contributed by atoms with Gasteiger partial charge in [0.1, 0.15) is 22.6 Å². The van der Waals surface area contributed by atoms with Crippen molar-refractivity contribution in [3.8, 4) is 45.6 Å². The molecule has 0 aliphatic carbocycles. The predicted molar refractivity (Wildman–Crippen MR) is 213 cm³/mol. The second-order valence-corrected chi connectivity index (χ2v) is 14.1. The maximum Gasteiger partial charge on any atom is 0.164 e. The van der Waals surface area contributed by atoms with E-state index >= 15 is 0 Å². The minimum atomic E-state index is 0.569. The van der Waals surface area contributed by atoms with Crippen molar-refractivity contribution in [1.82, 2.24) is 39.9 Å². The van der Waals surface area contributed by atoms with Gasteiger partial charge in [0.25, 0.3) is 0 Å². The summed E-state index contributed by atoms with van der Waals surface area (Å²) >= 11 is 0. The average molecular weight is 687 g/mol. The van der Waals surface area contributed by atoms with Crippen molar-refractivity contribution in [1.29, 1.82) is 0 Å². The first-order valence-electron chi connectivity index (χ1n) is 17.1. The molecule has 12 heteroatoms. The van der Waals surface area contributed by atoms with Gasteiger partial charge in [-0.2, -0.15) is 0 Å². The number of rotatable bonds is 4. The molecule has 4 aromatic carbocycles. The Kier molecular flexibility index (Phi) is 6.94. The minimum absolute atomic E-state index is 0.569. The van der Waals surface area contributed by atoms with Gasteiger partial charge in [-0.15, -0.1) is 0 Å². The molecule has 0 amide bonds. The lowest BCUT2D eigenvalue weighted by atomic mass is 10.1. The van der Waals surface area contributed by atoms with Gasteiger partial charge in [0.2, 0.25) is 0 Å². The summed E-state index contributed by atoms with van der Waals surface area (Å²) in [7, 11) is 16.2. The normalized spacial score (nSPS) is 11.8. The third-order valence-corrected chi connectivity index (χ3v) is 9.83. The van der Waals surface area contributed by atoms with Crippen LogP contribution in [0.4, 0.5) is 22.7 Å². The third kappa shape index (κ3) is 4.97. The summed E-state index contributed by atoms with van der Waals surface area (Å²) in [6.07, 6.45) is 0. The van der Waals surface area contributed by atoms with Crippen LogP contribution in [0.15, 0.2) is 72.8 Å². The zero-order chi connectivity index (χ0) is 36.0. The molecule has 7 aromatic rings. The third-order valence-electron chi connectivity index (χ3n) is 9.83. The van der Waals surface area contributed by atoms with Crippen LogP contribution in [-0.4, -0.2) is 96.3 Å². The lowest BCUT2D eigenvalue weighted by Gasteiger charge is -2.13. The molecule has 5 heterocycles. The van der Waals surface area contributed by atoms with Gasteiger partial charge in [0.15, 0.2) is 23.3 Å². The Hall–Kier alpha value is -6.56. The van der Waals surface area contributed by atoms with Gasteiger partial charge in [0, 0.05) is 123 Å². The molecule has 0 unspecified atom stereocenters. The van der Waals surface area contributed by atoms with Crippen molar-refractivity contribution in [2.45, 2.75) is 0 Å². The number of anilines is 4. The molecule has 2 aliphatic heterocycles. The van der Waals surface area contributed by atoms with Crippen molar-refractivity contribution in [3.63, 3.8) is 0 Å². The number of fused-ring (bicyclic) bond motifs is 20. The molecule has 2 aliphatic rings. The maximum absolute atomic E-state index is 5.24. The van der Waals surface area contributed by atoms with Crippen LogP contribution in [0, 0.1) is 0 Å². The van der Waals surface area contributed by atoms with Crippen molar-refractivity contribution in [2.75, 3.05) is 76.0 Å². The standard InChI is InChI=1S/C40H38N12/c1-49(2)21-9-13-25-29(17-21)37-42-33(25)41-34-26-14-10-23(51(5)6)19-31(26)39(43-34)48-40-32-20-24(52(7)8)12-16-28(32)36(47-40)46-38-30-18-22(50(3)4)11-15-27(30)35(44-37)45-38/h9-20H,1-8H3,(H2,41,42,43,44,45,46,47,48). The zero-order valence-corrected chi connectivity index (χ0v) is 30.4. The van der Waals surface area contributed by atoms with E-state index in [4.69, 9.17) is 29.9 Å². The molecule has 0 saturated heterocycles. The fourth-order valence-electron chi connectivity index (χ4n) is 6.86. The SMILES string of the molecule is CN(C)c1ccc2c(c1)-c1nc-2nc2[nH]c(nc3nc(nc4[nH]c(n1)c1ccc(N(C)C)cc41)-c1ccc(N(C)C)cc1-3)c1cc(N(C)C)ccc21. The maximum atomic E-state index is 5.24. The highest BCUT2D eigenvalue weighted by atomic mass is 15.1. The Labute approximate surface area is 300 Å². The van der Waals surface area contributed by atoms with Crippen LogP contribution < -0.4 is 19.6 Å². The van der Waals surface area contributed by atoms with Crippen molar-refractivity contribution in [2.24, 2.45) is 0 Å². The summed E-state index contributed by atoms with van der Waals surface area (Å²) in [5.41, 5.74) is 10.4. The number of nitrogens with zero attached hydrogens (tertiary/aromatic N) is 10. The van der Waals surface area contributed by atoms with Gasteiger partial charge >= 0.3 is 0 Å². The first-order chi connectivity index (χ1) is 25.0. The first kappa shape index (κ1) is 31.4. The molecule has 2 N–H and O–H groups in total. The van der Waals surface area contributed by atoms with E-state index in [1.165, 1.54) is 0 Å².